The molecule has 0 saturated carbocycles. The van der Waals surface area contributed by atoms with Gasteiger partial charge in [-0.25, -0.2) is 4.79 Å². The fraction of sp³-hybridized carbons (Fsp3) is 0.333. The first-order valence-corrected chi connectivity index (χ1v) is 5.37. The van der Waals surface area contributed by atoms with Crippen LogP contribution in [0.25, 0.3) is 0 Å². The summed E-state index contributed by atoms with van der Waals surface area (Å²) < 4.78 is 0. The van der Waals surface area contributed by atoms with Crippen LogP contribution in [0.3, 0.4) is 0 Å². The third-order valence-electron chi connectivity index (χ3n) is 2.20. The molecule has 0 fully saturated rings. The van der Waals surface area contributed by atoms with Crippen molar-refractivity contribution in [2.45, 2.75) is 20.5 Å². The number of hydroxylamine groups is 2. The summed E-state index contributed by atoms with van der Waals surface area (Å²) in [5.74, 6) is -0.896. The molecule has 0 aliphatic heterocycles. The third kappa shape index (κ3) is 3.83. The molecule has 0 bridgehead atoms. The van der Waals surface area contributed by atoms with E-state index >= 15 is 0 Å². The van der Waals surface area contributed by atoms with Crippen molar-refractivity contribution in [1.82, 2.24) is 5.06 Å². The SMILES string of the molecule is Cc1cc(C)cc(CON(C(N)=O)C(=O)CO)c1. The summed E-state index contributed by atoms with van der Waals surface area (Å²) in [5, 5.41) is 9.02. The Hall–Kier alpha value is -1.92. The standard InChI is InChI=1S/C12H16N2O4/c1-8-3-9(2)5-10(4-8)7-18-14(12(13)17)11(16)6-15/h3-5,15H,6-7H2,1-2H3,(H2,13,17). The number of imide groups is 1. The van der Waals surface area contributed by atoms with Crippen molar-refractivity contribution in [1.29, 1.82) is 0 Å². The Morgan fingerprint density at radius 2 is 1.83 bits per heavy atom. The quantitative estimate of drug-likeness (QED) is 0.769. The molecule has 0 aliphatic carbocycles. The van der Waals surface area contributed by atoms with Gasteiger partial charge >= 0.3 is 6.03 Å². The predicted octanol–water partition coefficient (Wildman–Crippen LogP) is 0.635. The minimum atomic E-state index is -1.06. The maximum Gasteiger partial charge on any atom is 0.346 e. The first-order valence-electron chi connectivity index (χ1n) is 5.37. The molecular formula is C12H16N2O4. The highest BCUT2D eigenvalue weighted by atomic mass is 16.7. The van der Waals surface area contributed by atoms with Crippen molar-refractivity contribution in [2.75, 3.05) is 6.61 Å². The highest BCUT2D eigenvalue weighted by Crippen LogP contribution is 2.10. The summed E-state index contributed by atoms with van der Waals surface area (Å²) in [7, 11) is 0. The van der Waals surface area contributed by atoms with E-state index in [9.17, 15) is 9.59 Å². The fourth-order valence-corrected chi connectivity index (χ4v) is 1.61. The number of rotatable bonds is 4. The van der Waals surface area contributed by atoms with Crippen molar-refractivity contribution in [2.24, 2.45) is 5.73 Å². The molecule has 0 aliphatic rings. The molecule has 0 heterocycles. The second kappa shape index (κ2) is 6.13. The molecule has 18 heavy (non-hydrogen) atoms. The molecule has 1 aromatic carbocycles. The van der Waals surface area contributed by atoms with Crippen molar-refractivity contribution in [3.8, 4) is 0 Å². The Balaban J connectivity index is 2.73. The first kappa shape index (κ1) is 14.1. The average Bonchev–Trinajstić information content (AvgIpc) is 2.27. The lowest BCUT2D eigenvalue weighted by Gasteiger charge is -2.16. The van der Waals surface area contributed by atoms with Gasteiger partial charge in [-0.05, 0) is 19.4 Å². The number of aryl methyl sites for hydroxylation is 2. The van der Waals surface area contributed by atoms with Gasteiger partial charge in [0.1, 0.15) is 13.2 Å². The van der Waals surface area contributed by atoms with E-state index in [1.54, 1.807) is 0 Å². The minimum Gasteiger partial charge on any atom is -0.386 e. The minimum absolute atomic E-state index is 0.0250. The van der Waals surface area contributed by atoms with Gasteiger partial charge < -0.3 is 10.8 Å². The van der Waals surface area contributed by atoms with E-state index in [0.717, 1.165) is 16.7 Å². The van der Waals surface area contributed by atoms with E-state index in [1.165, 1.54) is 0 Å². The average molecular weight is 252 g/mol. The number of carbonyl (C=O) groups excluding carboxylic acids is 2. The summed E-state index contributed by atoms with van der Waals surface area (Å²) in [4.78, 5) is 27.1. The Labute approximate surface area is 105 Å². The largest absolute Gasteiger partial charge is 0.386 e. The number of amides is 3. The fourth-order valence-electron chi connectivity index (χ4n) is 1.61. The lowest BCUT2D eigenvalue weighted by Crippen LogP contribution is -2.42. The molecular weight excluding hydrogens is 236 g/mol. The summed E-state index contributed by atoms with van der Waals surface area (Å²) >= 11 is 0. The number of aliphatic hydroxyl groups excluding tert-OH is 1. The molecule has 3 N–H and O–H groups in total. The van der Waals surface area contributed by atoms with Crippen molar-refractivity contribution in [3.63, 3.8) is 0 Å². The predicted molar refractivity (Wildman–Crippen MR) is 64.2 cm³/mol. The molecule has 0 aromatic heterocycles. The van der Waals surface area contributed by atoms with Gasteiger partial charge in [-0.15, -0.1) is 5.06 Å². The van der Waals surface area contributed by atoms with Crippen LogP contribution in [0, 0.1) is 13.8 Å². The number of nitrogens with zero attached hydrogens (tertiary/aromatic N) is 1. The highest BCUT2D eigenvalue weighted by molar-refractivity contribution is 5.92. The molecule has 0 unspecified atom stereocenters. The van der Waals surface area contributed by atoms with E-state index in [4.69, 9.17) is 15.7 Å². The van der Waals surface area contributed by atoms with Crippen LogP contribution in [-0.2, 0) is 16.2 Å². The third-order valence-corrected chi connectivity index (χ3v) is 2.20. The molecule has 0 saturated heterocycles. The lowest BCUT2D eigenvalue weighted by molar-refractivity contribution is -0.174. The Morgan fingerprint density at radius 1 is 1.28 bits per heavy atom. The Bertz CT molecular complexity index is 439. The van der Waals surface area contributed by atoms with E-state index in [-0.39, 0.29) is 6.61 Å². The second-order valence-corrected chi connectivity index (χ2v) is 3.95. The molecule has 0 radical (unpaired) electrons. The van der Waals surface area contributed by atoms with Gasteiger partial charge in [-0.3, -0.25) is 9.63 Å². The van der Waals surface area contributed by atoms with Crippen molar-refractivity contribution in [3.05, 3.63) is 34.9 Å². The molecule has 1 rings (SSSR count). The van der Waals surface area contributed by atoms with Crippen LogP contribution in [0.5, 0.6) is 0 Å². The number of hydrogen-bond acceptors (Lipinski definition) is 4. The van der Waals surface area contributed by atoms with E-state index in [0.29, 0.717) is 5.06 Å². The number of nitrogens with two attached hydrogens (primary N) is 1. The van der Waals surface area contributed by atoms with E-state index < -0.39 is 18.5 Å². The van der Waals surface area contributed by atoms with Crippen LogP contribution in [0.15, 0.2) is 18.2 Å². The maximum atomic E-state index is 11.2. The van der Waals surface area contributed by atoms with E-state index in [2.05, 4.69) is 0 Å². The van der Waals surface area contributed by atoms with Crippen LogP contribution in [-0.4, -0.2) is 28.7 Å². The summed E-state index contributed by atoms with van der Waals surface area (Å²) in [6, 6.07) is 4.68. The molecule has 6 heteroatoms. The normalized spacial score (nSPS) is 10.2. The number of benzene rings is 1. The summed E-state index contributed by atoms with van der Waals surface area (Å²) in [6.07, 6.45) is 0. The number of hydrogen-bond donors (Lipinski definition) is 2. The molecule has 6 nitrogen and oxygen atoms in total. The van der Waals surface area contributed by atoms with Gasteiger partial charge in [0.15, 0.2) is 0 Å². The Morgan fingerprint density at radius 3 is 2.28 bits per heavy atom. The van der Waals surface area contributed by atoms with Gasteiger partial charge in [0, 0.05) is 0 Å². The van der Waals surface area contributed by atoms with Crippen molar-refractivity contribution < 1.29 is 19.5 Å². The molecule has 3 amide bonds. The molecule has 98 valence electrons. The molecule has 1 aromatic rings. The molecule has 0 spiro atoms. The first-order chi connectivity index (χ1) is 8.43. The summed E-state index contributed by atoms with van der Waals surface area (Å²) in [5.41, 5.74) is 7.87. The zero-order valence-corrected chi connectivity index (χ0v) is 10.3. The van der Waals surface area contributed by atoms with Crippen LogP contribution < -0.4 is 5.73 Å². The van der Waals surface area contributed by atoms with Gasteiger partial charge in [-0.1, -0.05) is 29.3 Å². The number of aliphatic hydroxyl groups is 1. The van der Waals surface area contributed by atoms with E-state index in [1.807, 2.05) is 32.0 Å². The van der Waals surface area contributed by atoms with Crippen LogP contribution in [0.2, 0.25) is 0 Å². The Kier molecular flexibility index (Phi) is 4.82. The van der Waals surface area contributed by atoms with Crippen LogP contribution in [0.4, 0.5) is 4.79 Å². The van der Waals surface area contributed by atoms with Crippen molar-refractivity contribution >= 4 is 11.9 Å². The zero-order valence-electron chi connectivity index (χ0n) is 10.3. The number of urea groups is 1. The maximum absolute atomic E-state index is 11.2. The highest BCUT2D eigenvalue weighted by Gasteiger charge is 2.19. The monoisotopic (exact) mass is 252 g/mol. The summed E-state index contributed by atoms with van der Waals surface area (Å²) in [6.45, 7) is 3.05. The van der Waals surface area contributed by atoms with Crippen LogP contribution in [0.1, 0.15) is 16.7 Å². The van der Waals surface area contributed by atoms with Gasteiger partial charge in [-0.2, -0.15) is 0 Å². The van der Waals surface area contributed by atoms with Gasteiger partial charge in [0.25, 0.3) is 5.91 Å². The second-order valence-electron chi connectivity index (χ2n) is 3.95. The number of carbonyl (C=O) groups is 2. The molecule has 0 atom stereocenters. The van der Waals surface area contributed by atoms with Gasteiger partial charge in [0.05, 0.1) is 0 Å². The smallest absolute Gasteiger partial charge is 0.346 e. The lowest BCUT2D eigenvalue weighted by atomic mass is 10.1. The topological polar surface area (TPSA) is 92.9 Å². The van der Waals surface area contributed by atoms with Gasteiger partial charge in [0.2, 0.25) is 0 Å². The van der Waals surface area contributed by atoms with Crippen LogP contribution >= 0.6 is 0 Å². The number of primary amides is 1. The zero-order chi connectivity index (χ0) is 13.7.